The third-order valence-electron chi connectivity index (χ3n) is 11.3. The molecule has 218 valence electrons. The maximum absolute atomic E-state index is 2.47. The van der Waals surface area contributed by atoms with E-state index in [0.29, 0.717) is 0 Å². The molecule has 10 aromatic carbocycles. The van der Waals surface area contributed by atoms with Crippen LogP contribution in [0.3, 0.4) is 0 Å². The third-order valence-corrected chi connectivity index (χ3v) is 11.3. The summed E-state index contributed by atoms with van der Waals surface area (Å²) in [6.45, 7) is 4.80. The molecule has 47 heavy (non-hydrogen) atoms. The Morgan fingerprint density at radius 1 is 0.319 bits per heavy atom. The smallest absolute Gasteiger partial charge is 0.0159 e. The molecule has 0 aliphatic heterocycles. The summed E-state index contributed by atoms with van der Waals surface area (Å²) < 4.78 is 0. The highest BCUT2D eigenvalue weighted by Gasteiger charge is 2.36. The normalized spacial score (nSPS) is 13.9. The lowest BCUT2D eigenvalue weighted by Crippen LogP contribution is -2.15. The van der Waals surface area contributed by atoms with Gasteiger partial charge in [-0.1, -0.05) is 135 Å². The van der Waals surface area contributed by atoms with Gasteiger partial charge in [0.1, 0.15) is 0 Å². The average molecular weight is 595 g/mol. The molecule has 0 saturated carbocycles. The molecule has 0 heterocycles. The number of hydrogen-bond acceptors (Lipinski definition) is 0. The first-order valence-corrected chi connectivity index (χ1v) is 16.7. The molecular formula is C47H30. The summed E-state index contributed by atoms with van der Waals surface area (Å²) in [5.41, 5.74) is 10.6. The molecule has 0 heteroatoms. The fourth-order valence-corrected chi connectivity index (χ4v) is 8.99. The van der Waals surface area contributed by atoms with Gasteiger partial charge >= 0.3 is 0 Å². The zero-order chi connectivity index (χ0) is 31.0. The Bertz CT molecular complexity index is 2840. The Morgan fingerprint density at radius 2 is 0.745 bits per heavy atom. The van der Waals surface area contributed by atoms with Crippen LogP contribution < -0.4 is 0 Å². The van der Waals surface area contributed by atoms with Crippen molar-refractivity contribution in [3.63, 3.8) is 0 Å². The van der Waals surface area contributed by atoms with E-state index in [4.69, 9.17) is 0 Å². The predicted molar refractivity (Wildman–Crippen MR) is 202 cm³/mol. The molecule has 0 atom stereocenters. The Balaban J connectivity index is 1.05. The fourth-order valence-electron chi connectivity index (χ4n) is 8.99. The lowest BCUT2D eigenvalue weighted by Gasteiger charge is -2.23. The van der Waals surface area contributed by atoms with E-state index in [2.05, 4.69) is 159 Å². The van der Waals surface area contributed by atoms with Crippen LogP contribution in [0.4, 0.5) is 0 Å². The summed E-state index contributed by atoms with van der Waals surface area (Å²) in [5.74, 6) is 0. The van der Waals surface area contributed by atoms with Crippen molar-refractivity contribution >= 4 is 64.6 Å². The van der Waals surface area contributed by atoms with E-state index in [1.54, 1.807) is 0 Å². The fraction of sp³-hybridized carbons (Fsp3) is 0.0638. The highest BCUT2D eigenvalue weighted by atomic mass is 14.4. The monoisotopic (exact) mass is 594 g/mol. The van der Waals surface area contributed by atoms with E-state index < -0.39 is 0 Å². The molecule has 0 aromatic heterocycles. The van der Waals surface area contributed by atoms with Crippen molar-refractivity contribution in [1.82, 2.24) is 0 Å². The van der Waals surface area contributed by atoms with Crippen molar-refractivity contribution in [2.75, 3.05) is 0 Å². The Kier molecular flexibility index (Phi) is 4.74. The molecule has 0 unspecified atom stereocenters. The molecule has 0 nitrogen and oxygen atoms in total. The van der Waals surface area contributed by atoms with Gasteiger partial charge in [-0.3, -0.25) is 0 Å². The maximum atomic E-state index is 2.47. The van der Waals surface area contributed by atoms with Gasteiger partial charge in [0.2, 0.25) is 0 Å². The maximum Gasteiger partial charge on any atom is 0.0159 e. The molecule has 0 radical (unpaired) electrons. The summed E-state index contributed by atoms with van der Waals surface area (Å²) in [7, 11) is 0. The van der Waals surface area contributed by atoms with E-state index >= 15 is 0 Å². The number of benzene rings is 10. The third kappa shape index (κ3) is 3.32. The van der Waals surface area contributed by atoms with E-state index in [1.807, 2.05) is 0 Å². The molecule has 0 spiro atoms. The van der Waals surface area contributed by atoms with E-state index in [-0.39, 0.29) is 5.41 Å². The van der Waals surface area contributed by atoms with E-state index in [1.165, 1.54) is 109 Å². The first-order chi connectivity index (χ1) is 23.0. The molecule has 1 aliphatic rings. The molecule has 1 aliphatic carbocycles. The number of rotatable bonds is 2. The van der Waals surface area contributed by atoms with Crippen LogP contribution in [0.1, 0.15) is 25.0 Å². The SMILES string of the molecule is CC1(C)c2cc(-c3cc4ccc5cccc6ccc(c3)c4c56)ccc2-c2ccc(-c3ccc4ccc5cccc6ccc3c4c56)cc21. The van der Waals surface area contributed by atoms with Crippen LogP contribution in [-0.4, -0.2) is 0 Å². The van der Waals surface area contributed by atoms with Crippen molar-refractivity contribution in [1.29, 1.82) is 0 Å². The first-order valence-electron chi connectivity index (χ1n) is 16.7. The summed E-state index contributed by atoms with van der Waals surface area (Å²) in [4.78, 5) is 0. The average Bonchev–Trinajstić information content (AvgIpc) is 3.34. The summed E-state index contributed by atoms with van der Waals surface area (Å²) in [5, 5.41) is 16.0. The molecule has 0 amide bonds. The van der Waals surface area contributed by atoms with E-state index in [0.717, 1.165) is 0 Å². The minimum Gasteiger partial charge on any atom is -0.0610 e. The quantitative estimate of drug-likeness (QED) is 0.175. The molecule has 0 saturated heterocycles. The van der Waals surface area contributed by atoms with Gasteiger partial charge < -0.3 is 0 Å². The minimum atomic E-state index is -0.114. The standard InChI is InChI=1S/C47H30/c1-47(2)41-25-32(36-23-34-13-11-27-5-3-6-28-12-14-35(24-36)45(34)43(27)28)17-20-38(41)39-21-18-33(26-42(39)47)37-19-15-31-10-9-29-7-4-8-30-16-22-40(37)46(31)44(29)30/h3-26H,1-2H3. The van der Waals surface area contributed by atoms with Crippen molar-refractivity contribution in [3.05, 3.63) is 157 Å². The van der Waals surface area contributed by atoms with Crippen LogP contribution in [0.15, 0.2) is 146 Å². The van der Waals surface area contributed by atoms with Gasteiger partial charge in [-0.25, -0.2) is 0 Å². The van der Waals surface area contributed by atoms with Gasteiger partial charge in [0.25, 0.3) is 0 Å². The van der Waals surface area contributed by atoms with Crippen molar-refractivity contribution < 1.29 is 0 Å². The van der Waals surface area contributed by atoms with Crippen molar-refractivity contribution in [2.45, 2.75) is 19.3 Å². The Labute approximate surface area is 273 Å². The van der Waals surface area contributed by atoms with Crippen LogP contribution in [0.25, 0.3) is 98.0 Å². The zero-order valence-electron chi connectivity index (χ0n) is 26.4. The molecule has 0 bridgehead atoms. The highest BCUT2D eigenvalue weighted by molar-refractivity contribution is 6.26. The zero-order valence-corrected chi connectivity index (χ0v) is 26.4. The van der Waals surface area contributed by atoms with Gasteiger partial charge in [0.05, 0.1) is 0 Å². The van der Waals surface area contributed by atoms with Crippen LogP contribution in [0.5, 0.6) is 0 Å². The summed E-state index contributed by atoms with van der Waals surface area (Å²) >= 11 is 0. The Morgan fingerprint density at radius 3 is 1.36 bits per heavy atom. The van der Waals surface area contributed by atoms with Crippen LogP contribution in [0, 0.1) is 0 Å². The van der Waals surface area contributed by atoms with Crippen LogP contribution in [-0.2, 0) is 5.41 Å². The molecule has 10 aromatic rings. The van der Waals surface area contributed by atoms with Crippen molar-refractivity contribution in [3.8, 4) is 33.4 Å². The number of fused-ring (bicyclic) bond motifs is 3. The Hall–Kier alpha value is -5.72. The largest absolute Gasteiger partial charge is 0.0610 e. The van der Waals surface area contributed by atoms with Gasteiger partial charge in [-0.15, -0.1) is 0 Å². The molecule has 11 rings (SSSR count). The van der Waals surface area contributed by atoms with Gasteiger partial charge in [-0.2, -0.15) is 0 Å². The topological polar surface area (TPSA) is 0 Å². The highest BCUT2D eigenvalue weighted by Crippen LogP contribution is 2.51. The second-order valence-electron chi connectivity index (χ2n) is 14.1. The number of hydrogen-bond donors (Lipinski definition) is 0. The van der Waals surface area contributed by atoms with Gasteiger partial charge in [0.15, 0.2) is 0 Å². The minimum absolute atomic E-state index is 0.114. The molecule has 0 N–H and O–H groups in total. The first kappa shape index (κ1) is 25.5. The van der Waals surface area contributed by atoms with Crippen LogP contribution >= 0.6 is 0 Å². The lowest BCUT2D eigenvalue weighted by atomic mass is 9.80. The summed E-state index contributed by atoms with van der Waals surface area (Å²) in [6.07, 6.45) is 0. The van der Waals surface area contributed by atoms with Gasteiger partial charge in [-0.05, 0) is 133 Å². The van der Waals surface area contributed by atoms with E-state index in [9.17, 15) is 0 Å². The second kappa shape index (κ2) is 8.75. The molecular weight excluding hydrogens is 565 g/mol. The summed E-state index contributed by atoms with van der Waals surface area (Å²) in [6, 6.07) is 55.2. The van der Waals surface area contributed by atoms with Crippen LogP contribution in [0.2, 0.25) is 0 Å². The van der Waals surface area contributed by atoms with Gasteiger partial charge in [0, 0.05) is 5.41 Å². The van der Waals surface area contributed by atoms with Crippen molar-refractivity contribution in [2.24, 2.45) is 0 Å². The predicted octanol–water partition coefficient (Wildman–Crippen LogP) is 13.1. The molecule has 0 fully saturated rings. The lowest BCUT2D eigenvalue weighted by molar-refractivity contribution is 0.661. The second-order valence-corrected chi connectivity index (χ2v) is 14.1.